The molecular weight excluding hydrogens is 522 g/mol. The van der Waals surface area contributed by atoms with Crippen LogP contribution in [0.1, 0.15) is 38.7 Å². The number of likely N-dealkylation sites (tertiary alicyclic amines) is 1. The number of amides is 3. The minimum atomic E-state index is -1.17. The first-order valence-electron chi connectivity index (χ1n) is 14.3. The Bertz CT molecular complexity index is 1330. The third-order valence-electron chi connectivity index (χ3n) is 9.49. The van der Waals surface area contributed by atoms with Crippen LogP contribution in [0, 0.1) is 23.7 Å². The second-order valence-corrected chi connectivity index (χ2v) is 12.6. The molecule has 2 bridgehead atoms. The Kier molecular flexibility index (Phi) is 7.25. The lowest BCUT2D eigenvalue weighted by molar-refractivity contribution is -0.142. The third-order valence-corrected chi connectivity index (χ3v) is 10.2. The fraction of sp³-hybridized carbons (Fsp3) is 0.469. The molecule has 2 aromatic carbocycles. The zero-order valence-electron chi connectivity index (χ0n) is 23.2. The van der Waals surface area contributed by atoms with Gasteiger partial charge in [0, 0.05) is 23.2 Å². The second kappa shape index (κ2) is 10.7. The van der Waals surface area contributed by atoms with E-state index in [0.717, 1.165) is 29.7 Å². The summed E-state index contributed by atoms with van der Waals surface area (Å²) in [5.41, 5.74) is 0.435. The van der Waals surface area contributed by atoms with Gasteiger partial charge in [-0.05, 0) is 48.3 Å². The normalized spacial score (nSPS) is 34.1. The lowest BCUT2D eigenvalue weighted by Crippen LogP contribution is -2.57. The van der Waals surface area contributed by atoms with Crippen LogP contribution in [0.2, 0.25) is 0 Å². The van der Waals surface area contributed by atoms with Crippen molar-refractivity contribution in [2.45, 2.75) is 68.3 Å². The summed E-state index contributed by atoms with van der Waals surface area (Å²) in [6.45, 7) is 4.71. The van der Waals surface area contributed by atoms with Gasteiger partial charge >= 0.3 is 0 Å². The lowest BCUT2D eigenvalue weighted by Gasteiger charge is -2.38. The number of rotatable bonds is 7. The maximum absolute atomic E-state index is 14.2. The van der Waals surface area contributed by atoms with E-state index in [2.05, 4.69) is 24.5 Å². The van der Waals surface area contributed by atoms with E-state index in [9.17, 15) is 14.4 Å². The molecule has 0 radical (unpaired) electrons. The van der Waals surface area contributed by atoms with Gasteiger partial charge in [0.2, 0.25) is 17.7 Å². The van der Waals surface area contributed by atoms with E-state index in [1.807, 2.05) is 73.0 Å². The Morgan fingerprint density at radius 3 is 2.65 bits per heavy atom. The first kappa shape index (κ1) is 27.1. The molecule has 210 valence electrons. The number of carbonyl (C=O) groups is 3. The van der Waals surface area contributed by atoms with Crippen molar-refractivity contribution < 1.29 is 19.1 Å². The van der Waals surface area contributed by atoms with Crippen molar-refractivity contribution >= 4 is 35.2 Å². The van der Waals surface area contributed by atoms with Gasteiger partial charge in [-0.3, -0.25) is 14.4 Å². The predicted molar refractivity (Wildman–Crippen MR) is 155 cm³/mol. The number of carbonyl (C=O) groups excluding carboxylic acids is 3. The van der Waals surface area contributed by atoms with Gasteiger partial charge < -0.3 is 20.3 Å². The van der Waals surface area contributed by atoms with Gasteiger partial charge in [-0.15, -0.1) is 11.8 Å². The van der Waals surface area contributed by atoms with Gasteiger partial charge in [-0.25, -0.2) is 0 Å². The number of hydrogen-bond acceptors (Lipinski definition) is 5. The van der Waals surface area contributed by atoms with Crippen LogP contribution in [0.5, 0.6) is 0 Å². The Hall–Kier alpha value is -3.10. The number of nitrogens with zero attached hydrogens (tertiary/aromatic N) is 1. The fourth-order valence-corrected chi connectivity index (χ4v) is 7.65. The van der Waals surface area contributed by atoms with Crippen molar-refractivity contribution in [3.8, 4) is 0 Å². The Morgan fingerprint density at radius 1 is 1.07 bits per heavy atom. The smallest absolute Gasteiger partial charge is 0.246 e. The zero-order valence-corrected chi connectivity index (χ0v) is 24.0. The van der Waals surface area contributed by atoms with E-state index in [1.54, 1.807) is 16.7 Å². The van der Waals surface area contributed by atoms with Gasteiger partial charge in [-0.1, -0.05) is 75.2 Å². The molecule has 3 heterocycles. The highest BCUT2D eigenvalue weighted by Crippen LogP contribution is 2.55. The molecule has 7 nitrogen and oxygen atoms in total. The quantitative estimate of drug-likeness (QED) is 0.381. The standard InChI is InChI=1S/C32H37N3O4S/c1-19-9-7-14-24(20(19)2)34-30(37)28-32-16-15-25(39-32)26(29(36)33-22-12-8-13-23(17-22)40-3)27(32)31(38)35(28)18-21-10-5-4-6-11-21/h4-6,8,10-13,15-17,19-20,24-28H,7,9,14,18H2,1-3H3,(H,33,36)(H,34,37)/t19-,20-,24-,25+,26-,27+,28+,32+/m1/s1. The van der Waals surface area contributed by atoms with Crippen LogP contribution in [0.3, 0.4) is 0 Å². The molecule has 1 saturated carbocycles. The number of hydrogen-bond donors (Lipinski definition) is 2. The number of anilines is 1. The molecule has 8 atom stereocenters. The van der Waals surface area contributed by atoms with Crippen LogP contribution >= 0.6 is 11.8 Å². The van der Waals surface area contributed by atoms with E-state index >= 15 is 0 Å². The SMILES string of the molecule is CSc1cccc(NC(=O)[C@@H]2[C@@H]3C=C[C@]4(O3)[C@@H]2C(=O)N(Cc2ccccc2)[C@H]4C(=O)N[C@@H]2CCC[C@@H](C)[C@H]2C)c1. The third kappa shape index (κ3) is 4.55. The van der Waals surface area contributed by atoms with Crippen molar-refractivity contribution in [1.82, 2.24) is 10.2 Å². The Labute approximate surface area is 240 Å². The molecule has 40 heavy (non-hydrogen) atoms. The van der Waals surface area contributed by atoms with E-state index in [4.69, 9.17) is 4.74 Å². The Balaban J connectivity index is 1.32. The summed E-state index contributed by atoms with van der Waals surface area (Å²) >= 11 is 1.60. The first-order chi connectivity index (χ1) is 19.3. The van der Waals surface area contributed by atoms with Crippen molar-refractivity contribution in [3.63, 3.8) is 0 Å². The molecule has 1 aliphatic carbocycles. The van der Waals surface area contributed by atoms with E-state index in [-0.39, 0.29) is 30.3 Å². The number of benzene rings is 2. The van der Waals surface area contributed by atoms with Crippen LogP contribution < -0.4 is 10.6 Å². The molecule has 1 spiro atoms. The van der Waals surface area contributed by atoms with E-state index in [1.165, 1.54) is 0 Å². The highest BCUT2D eigenvalue weighted by Gasteiger charge is 2.72. The second-order valence-electron chi connectivity index (χ2n) is 11.8. The van der Waals surface area contributed by atoms with Crippen LogP contribution in [-0.4, -0.2) is 52.7 Å². The largest absolute Gasteiger partial charge is 0.359 e. The van der Waals surface area contributed by atoms with Crippen molar-refractivity contribution in [2.24, 2.45) is 23.7 Å². The Morgan fingerprint density at radius 2 is 1.88 bits per heavy atom. The number of ether oxygens (including phenoxy) is 1. The molecule has 2 aromatic rings. The number of thioether (sulfide) groups is 1. The molecular formula is C32H37N3O4S. The van der Waals surface area contributed by atoms with E-state index < -0.39 is 29.6 Å². The van der Waals surface area contributed by atoms with Gasteiger partial charge in [0.15, 0.2) is 0 Å². The molecule has 0 aromatic heterocycles. The summed E-state index contributed by atoms with van der Waals surface area (Å²) in [5.74, 6) is -1.29. The zero-order chi connectivity index (χ0) is 28.0. The van der Waals surface area contributed by atoms with Crippen LogP contribution in [0.15, 0.2) is 71.6 Å². The summed E-state index contributed by atoms with van der Waals surface area (Å²) in [6.07, 6.45) is 8.32. The fourth-order valence-electron chi connectivity index (χ4n) is 7.19. The maximum atomic E-state index is 14.2. The topological polar surface area (TPSA) is 87.7 Å². The van der Waals surface area contributed by atoms with Gasteiger partial charge in [0.1, 0.15) is 11.6 Å². The van der Waals surface area contributed by atoms with Crippen molar-refractivity contribution in [1.29, 1.82) is 0 Å². The molecule has 2 N–H and O–H groups in total. The lowest BCUT2D eigenvalue weighted by atomic mass is 9.73. The highest BCUT2D eigenvalue weighted by atomic mass is 32.2. The summed E-state index contributed by atoms with van der Waals surface area (Å²) in [7, 11) is 0. The van der Waals surface area contributed by atoms with Gasteiger partial charge in [0.05, 0.1) is 17.9 Å². The summed E-state index contributed by atoms with van der Waals surface area (Å²) < 4.78 is 6.51. The first-order valence-corrected chi connectivity index (χ1v) is 15.5. The molecule has 3 aliphatic heterocycles. The number of nitrogens with one attached hydrogen (secondary N) is 2. The van der Waals surface area contributed by atoms with Crippen LogP contribution in [0.4, 0.5) is 5.69 Å². The number of fused-ring (bicyclic) bond motifs is 1. The van der Waals surface area contributed by atoms with Crippen molar-refractivity contribution in [2.75, 3.05) is 11.6 Å². The molecule has 4 aliphatic rings. The van der Waals surface area contributed by atoms with Gasteiger partial charge in [0.25, 0.3) is 0 Å². The minimum absolute atomic E-state index is 0.0470. The average Bonchev–Trinajstić information content (AvgIpc) is 3.59. The predicted octanol–water partition coefficient (Wildman–Crippen LogP) is 4.64. The van der Waals surface area contributed by atoms with Gasteiger partial charge in [-0.2, -0.15) is 0 Å². The van der Waals surface area contributed by atoms with Crippen LogP contribution in [0.25, 0.3) is 0 Å². The molecule has 2 saturated heterocycles. The monoisotopic (exact) mass is 559 g/mol. The van der Waals surface area contributed by atoms with E-state index in [0.29, 0.717) is 17.5 Å². The molecule has 8 heteroatoms. The summed E-state index contributed by atoms with van der Waals surface area (Å²) in [5, 5.41) is 6.34. The van der Waals surface area contributed by atoms with Crippen molar-refractivity contribution in [3.05, 3.63) is 72.3 Å². The van der Waals surface area contributed by atoms with Crippen LogP contribution in [-0.2, 0) is 25.7 Å². The molecule has 3 fully saturated rings. The molecule has 0 unspecified atom stereocenters. The average molecular weight is 560 g/mol. The maximum Gasteiger partial charge on any atom is 0.246 e. The molecule has 3 amide bonds. The summed E-state index contributed by atoms with van der Waals surface area (Å²) in [6, 6.07) is 16.5. The highest BCUT2D eigenvalue weighted by molar-refractivity contribution is 7.98. The minimum Gasteiger partial charge on any atom is -0.359 e. The molecule has 6 rings (SSSR count). The summed E-state index contributed by atoms with van der Waals surface area (Å²) in [4.78, 5) is 44.8.